The summed E-state index contributed by atoms with van der Waals surface area (Å²) < 4.78 is 16.2. The normalized spacial score (nSPS) is 10.3. The van der Waals surface area contributed by atoms with Crippen LogP contribution in [0.4, 0.5) is 5.69 Å². The molecule has 1 amide bonds. The van der Waals surface area contributed by atoms with Gasteiger partial charge in [0.15, 0.2) is 5.76 Å². The van der Waals surface area contributed by atoms with Gasteiger partial charge in [0.2, 0.25) is 0 Å². The number of halogens is 1. The van der Waals surface area contributed by atoms with Crippen molar-refractivity contribution in [3.63, 3.8) is 0 Å². The first-order valence-electron chi connectivity index (χ1n) is 7.56. The lowest BCUT2D eigenvalue weighted by molar-refractivity contribution is 0.0992. The van der Waals surface area contributed by atoms with Crippen LogP contribution in [0.15, 0.2) is 65.1 Å². The summed E-state index contributed by atoms with van der Waals surface area (Å²) in [6, 6.07) is 17.4. The number of furan rings is 1. The van der Waals surface area contributed by atoms with Crippen LogP contribution in [0.5, 0.6) is 11.5 Å². The van der Waals surface area contributed by atoms with E-state index in [1.165, 1.54) is 0 Å². The van der Waals surface area contributed by atoms with Gasteiger partial charge in [-0.2, -0.15) is 0 Å². The van der Waals surface area contributed by atoms with Crippen LogP contribution < -0.4 is 14.8 Å². The minimum atomic E-state index is -0.342. The van der Waals surface area contributed by atoms with Crippen LogP contribution in [-0.4, -0.2) is 13.0 Å². The molecule has 3 aromatic rings. The van der Waals surface area contributed by atoms with Gasteiger partial charge in [0.1, 0.15) is 23.9 Å². The summed E-state index contributed by atoms with van der Waals surface area (Å²) in [5, 5.41) is 3.40. The number of nitrogens with one attached hydrogen (secondary N) is 1. The van der Waals surface area contributed by atoms with Crippen LogP contribution in [0.25, 0.3) is 0 Å². The number of rotatable bonds is 6. The molecule has 0 aliphatic rings. The van der Waals surface area contributed by atoms with Crippen LogP contribution in [0.1, 0.15) is 16.3 Å². The molecule has 0 saturated carbocycles. The van der Waals surface area contributed by atoms with Gasteiger partial charge in [0.05, 0.1) is 7.11 Å². The van der Waals surface area contributed by atoms with Gasteiger partial charge in [0.25, 0.3) is 5.91 Å². The number of ether oxygens (including phenoxy) is 2. The van der Waals surface area contributed by atoms with E-state index in [1.54, 1.807) is 67.8 Å². The van der Waals surface area contributed by atoms with Crippen LogP contribution in [0.3, 0.4) is 0 Å². The molecule has 0 aliphatic heterocycles. The first kappa shape index (κ1) is 16.9. The van der Waals surface area contributed by atoms with Crippen molar-refractivity contribution >= 4 is 23.2 Å². The van der Waals surface area contributed by atoms with Crippen LogP contribution in [0, 0.1) is 0 Å². The van der Waals surface area contributed by atoms with Crippen molar-refractivity contribution in [3.05, 3.63) is 77.2 Å². The molecule has 3 rings (SSSR count). The molecule has 1 N–H and O–H groups in total. The number of methoxy groups -OCH3 is 1. The van der Waals surface area contributed by atoms with E-state index in [2.05, 4.69) is 5.32 Å². The van der Waals surface area contributed by atoms with Crippen molar-refractivity contribution in [1.29, 1.82) is 0 Å². The highest BCUT2D eigenvalue weighted by atomic mass is 35.5. The molecule has 0 saturated heterocycles. The van der Waals surface area contributed by atoms with E-state index in [4.69, 9.17) is 25.5 Å². The number of benzene rings is 2. The van der Waals surface area contributed by atoms with E-state index < -0.39 is 0 Å². The second kappa shape index (κ2) is 7.77. The Kier molecular flexibility index (Phi) is 5.26. The highest BCUT2D eigenvalue weighted by molar-refractivity contribution is 6.30. The molecule has 0 fully saturated rings. The van der Waals surface area contributed by atoms with Crippen LogP contribution in [-0.2, 0) is 6.61 Å². The van der Waals surface area contributed by atoms with E-state index in [0.717, 1.165) is 0 Å². The second-order valence-electron chi connectivity index (χ2n) is 5.19. The zero-order chi connectivity index (χ0) is 17.6. The van der Waals surface area contributed by atoms with Crippen molar-refractivity contribution in [1.82, 2.24) is 0 Å². The number of amides is 1. The van der Waals surface area contributed by atoms with Gasteiger partial charge in [-0.05, 0) is 48.5 Å². The molecule has 0 bridgehead atoms. The summed E-state index contributed by atoms with van der Waals surface area (Å²) >= 11 is 5.83. The van der Waals surface area contributed by atoms with E-state index in [0.29, 0.717) is 28.0 Å². The zero-order valence-corrected chi connectivity index (χ0v) is 14.2. The van der Waals surface area contributed by atoms with Crippen molar-refractivity contribution < 1.29 is 18.7 Å². The van der Waals surface area contributed by atoms with Gasteiger partial charge < -0.3 is 19.2 Å². The van der Waals surface area contributed by atoms with Crippen molar-refractivity contribution in [2.24, 2.45) is 0 Å². The number of carbonyl (C=O) groups excluding carboxylic acids is 1. The summed E-state index contributed by atoms with van der Waals surface area (Å²) in [6.45, 7) is 0.216. The maximum Gasteiger partial charge on any atom is 0.291 e. The molecular formula is C19H16ClNO4. The molecule has 25 heavy (non-hydrogen) atoms. The topological polar surface area (TPSA) is 60.7 Å². The molecule has 1 heterocycles. The summed E-state index contributed by atoms with van der Waals surface area (Å²) in [7, 11) is 1.57. The number of hydrogen-bond donors (Lipinski definition) is 1. The molecule has 1 aromatic heterocycles. The first-order chi connectivity index (χ1) is 12.1. The van der Waals surface area contributed by atoms with Crippen LogP contribution >= 0.6 is 11.6 Å². The van der Waals surface area contributed by atoms with Gasteiger partial charge in [-0.3, -0.25) is 4.79 Å². The molecule has 2 aromatic carbocycles. The van der Waals surface area contributed by atoms with Gasteiger partial charge in [0, 0.05) is 16.8 Å². The molecule has 0 unspecified atom stereocenters. The predicted molar refractivity (Wildman–Crippen MR) is 95.4 cm³/mol. The highest BCUT2D eigenvalue weighted by Gasteiger charge is 2.12. The van der Waals surface area contributed by atoms with Gasteiger partial charge in [-0.25, -0.2) is 0 Å². The fourth-order valence-electron chi connectivity index (χ4n) is 2.16. The van der Waals surface area contributed by atoms with E-state index in [1.807, 2.05) is 0 Å². The third-order valence-electron chi connectivity index (χ3n) is 3.41. The monoisotopic (exact) mass is 357 g/mol. The average Bonchev–Trinajstić information content (AvgIpc) is 3.10. The molecule has 128 valence electrons. The quantitative estimate of drug-likeness (QED) is 0.690. The maximum absolute atomic E-state index is 12.2. The molecule has 0 spiro atoms. The number of anilines is 1. The molecular weight excluding hydrogens is 342 g/mol. The maximum atomic E-state index is 12.2. The lowest BCUT2D eigenvalue weighted by Gasteiger charge is -2.06. The van der Waals surface area contributed by atoms with Crippen LogP contribution in [0.2, 0.25) is 5.02 Å². The third kappa shape index (κ3) is 4.55. The fourth-order valence-corrected chi connectivity index (χ4v) is 2.28. The van der Waals surface area contributed by atoms with E-state index in [9.17, 15) is 4.79 Å². The Morgan fingerprint density at radius 3 is 2.64 bits per heavy atom. The van der Waals surface area contributed by atoms with Gasteiger partial charge in [-0.1, -0.05) is 17.7 Å². The highest BCUT2D eigenvalue weighted by Crippen LogP contribution is 2.20. The molecule has 5 nitrogen and oxygen atoms in total. The van der Waals surface area contributed by atoms with E-state index >= 15 is 0 Å². The Bertz CT molecular complexity index is 858. The first-order valence-corrected chi connectivity index (χ1v) is 7.94. The molecule has 0 radical (unpaired) electrons. The Morgan fingerprint density at radius 1 is 1.08 bits per heavy atom. The minimum absolute atomic E-state index is 0.206. The fraction of sp³-hybridized carbons (Fsp3) is 0.105. The van der Waals surface area contributed by atoms with Crippen molar-refractivity contribution in [2.75, 3.05) is 12.4 Å². The smallest absolute Gasteiger partial charge is 0.291 e. The Morgan fingerprint density at radius 2 is 1.88 bits per heavy atom. The zero-order valence-electron chi connectivity index (χ0n) is 13.5. The van der Waals surface area contributed by atoms with Gasteiger partial charge in [-0.15, -0.1) is 0 Å². The predicted octanol–water partition coefficient (Wildman–Crippen LogP) is 4.77. The molecule has 0 aliphatic carbocycles. The SMILES string of the molecule is COc1cccc(NC(=O)c2ccc(COc3ccc(Cl)cc3)o2)c1. The lowest BCUT2D eigenvalue weighted by atomic mass is 10.3. The molecule has 6 heteroatoms. The summed E-state index contributed by atoms with van der Waals surface area (Å²) in [4.78, 5) is 12.2. The summed E-state index contributed by atoms with van der Waals surface area (Å²) in [6.07, 6.45) is 0. The Hall–Kier alpha value is -2.92. The third-order valence-corrected chi connectivity index (χ3v) is 3.66. The van der Waals surface area contributed by atoms with E-state index in [-0.39, 0.29) is 18.3 Å². The van der Waals surface area contributed by atoms with Gasteiger partial charge >= 0.3 is 0 Å². The second-order valence-corrected chi connectivity index (χ2v) is 5.63. The van der Waals surface area contributed by atoms with Crippen molar-refractivity contribution in [2.45, 2.75) is 6.61 Å². The Balaban J connectivity index is 1.60. The lowest BCUT2D eigenvalue weighted by Crippen LogP contribution is -2.10. The van der Waals surface area contributed by atoms with Crippen molar-refractivity contribution in [3.8, 4) is 11.5 Å². The molecule has 0 atom stereocenters. The average molecular weight is 358 g/mol. The summed E-state index contributed by atoms with van der Waals surface area (Å²) in [5.41, 5.74) is 0.625. The Labute approximate surface area is 150 Å². The number of hydrogen-bond acceptors (Lipinski definition) is 4. The summed E-state index contributed by atoms with van der Waals surface area (Å²) in [5.74, 6) is 1.74. The standard InChI is InChI=1S/C19H16ClNO4/c1-23-16-4-2-3-14(11-16)21-19(22)18-10-9-17(25-18)12-24-15-7-5-13(20)6-8-15/h2-11H,12H2,1H3,(H,21,22). The number of carbonyl (C=O) groups is 1. The minimum Gasteiger partial charge on any atom is -0.497 e. The largest absolute Gasteiger partial charge is 0.497 e.